The third kappa shape index (κ3) is 4.92. The first-order chi connectivity index (χ1) is 10.7. The zero-order valence-corrected chi connectivity index (χ0v) is 13.0. The summed E-state index contributed by atoms with van der Waals surface area (Å²) in [5, 5.41) is 5.95. The van der Waals surface area contributed by atoms with Crippen LogP contribution in [-0.2, 0) is 6.61 Å². The Hall–Kier alpha value is -2.28. The van der Waals surface area contributed by atoms with Gasteiger partial charge >= 0.3 is 6.01 Å². The third-order valence-corrected chi connectivity index (χ3v) is 2.95. The van der Waals surface area contributed by atoms with Crippen molar-refractivity contribution in [2.75, 3.05) is 11.9 Å². The molecule has 2 aromatic rings. The van der Waals surface area contributed by atoms with Gasteiger partial charge in [-0.3, -0.25) is 0 Å². The number of thiocarbonyl (C=S) groups is 1. The average Bonchev–Trinajstić information content (AvgIpc) is 2.54. The number of nitrogens with zero attached hydrogens (tertiary/aromatic N) is 2. The van der Waals surface area contributed by atoms with Crippen molar-refractivity contribution in [3.8, 4) is 6.01 Å². The maximum absolute atomic E-state index is 13.7. The molecule has 22 heavy (non-hydrogen) atoms. The van der Waals surface area contributed by atoms with E-state index in [0.29, 0.717) is 18.3 Å². The highest BCUT2D eigenvalue weighted by atomic mass is 32.1. The van der Waals surface area contributed by atoms with Crippen molar-refractivity contribution in [2.45, 2.75) is 20.0 Å². The molecule has 0 spiro atoms. The average molecular weight is 320 g/mol. The molecule has 0 saturated carbocycles. The lowest BCUT2D eigenvalue weighted by atomic mass is 10.2. The molecule has 0 radical (unpaired) electrons. The molecule has 0 aliphatic carbocycles. The van der Waals surface area contributed by atoms with Crippen molar-refractivity contribution < 1.29 is 9.13 Å². The second-order valence-electron chi connectivity index (χ2n) is 4.50. The van der Waals surface area contributed by atoms with E-state index in [1.165, 1.54) is 0 Å². The molecule has 2 N–H and O–H groups in total. The minimum absolute atomic E-state index is 0.00772. The molecular weight excluding hydrogens is 303 g/mol. The van der Waals surface area contributed by atoms with E-state index in [1.54, 1.807) is 0 Å². The van der Waals surface area contributed by atoms with Crippen LogP contribution in [0.25, 0.3) is 0 Å². The number of rotatable bonds is 6. The fraction of sp³-hybridized carbons (Fsp3) is 0.267. The topological polar surface area (TPSA) is 59.1 Å². The van der Waals surface area contributed by atoms with Gasteiger partial charge in [0.05, 0.1) is 6.20 Å². The van der Waals surface area contributed by atoms with Crippen molar-refractivity contribution in [2.24, 2.45) is 0 Å². The minimum Gasteiger partial charge on any atom is -0.459 e. The number of ether oxygens (including phenoxy) is 1. The molecule has 0 aliphatic heterocycles. The van der Waals surface area contributed by atoms with Crippen molar-refractivity contribution in [1.29, 1.82) is 0 Å². The van der Waals surface area contributed by atoms with E-state index in [0.717, 1.165) is 18.2 Å². The summed E-state index contributed by atoms with van der Waals surface area (Å²) in [6.07, 6.45) is 1.97. The van der Waals surface area contributed by atoms with Gasteiger partial charge in [0.15, 0.2) is 16.7 Å². The lowest BCUT2D eigenvalue weighted by molar-refractivity contribution is 0.280. The molecule has 1 heterocycles. The molecule has 0 atom stereocenters. The van der Waals surface area contributed by atoms with Gasteiger partial charge in [-0.25, -0.2) is 9.37 Å². The second kappa shape index (κ2) is 8.23. The first-order valence-corrected chi connectivity index (χ1v) is 7.34. The van der Waals surface area contributed by atoms with Crippen LogP contribution in [0.3, 0.4) is 0 Å². The van der Waals surface area contributed by atoms with Crippen LogP contribution in [0.15, 0.2) is 36.5 Å². The van der Waals surface area contributed by atoms with Gasteiger partial charge < -0.3 is 15.4 Å². The highest BCUT2D eigenvalue weighted by Crippen LogP contribution is 2.14. The first-order valence-electron chi connectivity index (χ1n) is 6.93. The largest absolute Gasteiger partial charge is 0.459 e. The van der Waals surface area contributed by atoms with Gasteiger partial charge in [-0.15, -0.1) is 0 Å². The Morgan fingerprint density at radius 2 is 2.09 bits per heavy atom. The van der Waals surface area contributed by atoms with Gasteiger partial charge in [0.2, 0.25) is 0 Å². The molecular formula is C15H17FN4OS. The minimum atomic E-state index is -0.590. The molecule has 0 bridgehead atoms. The highest BCUT2D eigenvalue weighted by molar-refractivity contribution is 7.80. The number of aromatic nitrogens is 2. The van der Waals surface area contributed by atoms with Crippen LogP contribution in [0.5, 0.6) is 6.01 Å². The second-order valence-corrected chi connectivity index (χ2v) is 4.91. The molecule has 5 nitrogen and oxygen atoms in total. The molecule has 7 heteroatoms. The highest BCUT2D eigenvalue weighted by Gasteiger charge is 2.09. The van der Waals surface area contributed by atoms with Crippen molar-refractivity contribution in [3.63, 3.8) is 0 Å². The number of nitrogens with one attached hydrogen (secondary N) is 2. The van der Waals surface area contributed by atoms with E-state index in [1.807, 2.05) is 37.3 Å². The van der Waals surface area contributed by atoms with E-state index < -0.39 is 5.82 Å². The standard InChI is InChI=1S/C15H17FN4OS/c1-2-8-17-15(22)20-13-12(16)9-18-14(19-13)21-10-11-6-4-3-5-7-11/h3-7,9H,2,8,10H2,1H3,(H2,17,18,19,20,22). The van der Waals surface area contributed by atoms with E-state index in [2.05, 4.69) is 20.6 Å². The van der Waals surface area contributed by atoms with E-state index in [-0.39, 0.29) is 11.8 Å². The van der Waals surface area contributed by atoms with Crippen LogP contribution >= 0.6 is 12.2 Å². The van der Waals surface area contributed by atoms with Gasteiger partial charge in [-0.05, 0) is 24.2 Å². The van der Waals surface area contributed by atoms with Crippen LogP contribution in [-0.4, -0.2) is 21.6 Å². The molecule has 0 aliphatic rings. The normalized spacial score (nSPS) is 10.1. The fourth-order valence-corrected chi connectivity index (χ4v) is 1.82. The quantitative estimate of drug-likeness (QED) is 0.798. The Morgan fingerprint density at radius 3 is 2.82 bits per heavy atom. The predicted octanol–water partition coefficient (Wildman–Crippen LogP) is 2.89. The summed E-state index contributed by atoms with van der Waals surface area (Å²) in [5.74, 6) is -0.598. The Bertz CT molecular complexity index is 624. The summed E-state index contributed by atoms with van der Waals surface area (Å²) in [4.78, 5) is 7.80. The summed E-state index contributed by atoms with van der Waals surface area (Å²) in [7, 11) is 0. The Morgan fingerprint density at radius 1 is 1.32 bits per heavy atom. The lowest BCUT2D eigenvalue weighted by Crippen LogP contribution is -2.29. The van der Waals surface area contributed by atoms with Gasteiger partial charge in [0.1, 0.15) is 6.61 Å². The molecule has 0 saturated heterocycles. The number of benzene rings is 1. The fourth-order valence-electron chi connectivity index (χ4n) is 1.62. The van der Waals surface area contributed by atoms with Crippen molar-refractivity contribution >= 4 is 23.1 Å². The summed E-state index contributed by atoms with van der Waals surface area (Å²) < 4.78 is 19.1. The smallest absolute Gasteiger partial charge is 0.318 e. The van der Waals surface area contributed by atoms with Crippen LogP contribution in [0, 0.1) is 5.82 Å². The Labute approximate surface area is 133 Å². The summed E-state index contributed by atoms with van der Waals surface area (Å²) >= 11 is 5.06. The van der Waals surface area contributed by atoms with Gasteiger partial charge in [-0.2, -0.15) is 4.98 Å². The van der Waals surface area contributed by atoms with Crippen LogP contribution in [0.2, 0.25) is 0 Å². The molecule has 2 rings (SSSR count). The molecule has 0 amide bonds. The molecule has 0 fully saturated rings. The van der Waals surface area contributed by atoms with Gasteiger partial charge in [0.25, 0.3) is 0 Å². The zero-order chi connectivity index (χ0) is 15.8. The van der Waals surface area contributed by atoms with E-state index in [9.17, 15) is 4.39 Å². The maximum Gasteiger partial charge on any atom is 0.318 e. The van der Waals surface area contributed by atoms with Crippen molar-refractivity contribution in [3.05, 3.63) is 47.9 Å². The SMILES string of the molecule is CCCNC(=S)Nc1nc(OCc2ccccc2)ncc1F. The Kier molecular flexibility index (Phi) is 6.02. The summed E-state index contributed by atoms with van der Waals surface area (Å²) in [5.41, 5.74) is 0.977. The third-order valence-electron chi connectivity index (χ3n) is 2.70. The number of halogens is 1. The van der Waals surface area contributed by atoms with E-state index >= 15 is 0 Å². The summed E-state index contributed by atoms with van der Waals surface area (Å²) in [6.45, 7) is 3.02. The number of hydrogen-bond donors (Lipinski definition) is 2. The van der Waals surface area contributed by atoms with Gasteiger partial charge in [0, 0.05) is 6.54 Å². The van der Waals surface area contributed by atoms with E-state index in [4.69, 9.17) is 17.0 Å². The monoisotopic (exact) mass is 320 g/mol. The first kappa shape index (κ1) is 16.1. The van der Waals surface area contributed by atoms with Crippen LogP contribution in [0.4, 0.5) is 10.2 Å². The van der Waals surface area contributed by atoms with Crippen LogP contribution in [0.1, 0.15) is 18.9 Å². The van der Waals surface area contributed by atoms with Crippen LogP contribution < -0.4 is 15.4 Å². The lowest BCUT2D eigenvalue weighted by Gasteiger charge is -2.10. The Balaban J connectivity index is 1.98. The van der Waals surface area contributed by atoms with Crippen molar-refractivity contribution in [1.82, 2.24) is 15.3 Å². The number of anilines is 1. The zero-order valence-electron chi connectivity index (χ0n) is 12.2. The summed E-state index contributed by atoms with van der Waals surface area (Å²) in [6, 6.07) is 9.68. The predicted molar refractivity (Wildman–Crippen MR) is 87.3 cm³/mol. The van der Waals surface area contributed by atoms with Gasteiger partial charge in [-0.1, -0.05) is 37.3 Å². The molecule has 1 aromatic heterocycles. The maximum atomic E-state index is 13.7. The molecule has 116 valence electrons. The number of hydrogen-bond acceptors (Lipinski definition) is 4. The molecule has 0 unspecified atom stereocenters. The molecule has 1 aromatic carbocycles.